The zero-order chi connectivity index (χ0) is 25.5. The van der Waals surface area contributed by atoms with Gasteiger partial charge in [-0.15, -0.1) is 0 Å². The van der Waals surface area contributed by atoms with E-state index in [9.17, 15) is 14.7 Å². The Bertz CT molecular complexity index is 1320. The van der Waals surface area contributed by atoms with Crippen molar-refractivity contribution in [1.82, 2.24) is 5.32 Å². The van der Waals surface area contributed by atoms with Crippen LogP contribution in [-0.4, -0.2) is 23.0 Å². The second kappa shape index (κ2) is 11.8. The van der Waals surface area contributed by atoms with Gasteiger partial charge in [-0.25, -0.2) is 4.79 Å². The predicted octanol–water partition coefficient (Wildman–Crippen LogP) is 6.67. The van der Waals surface area contributed by atoms with E-state index >= 15 is 0 Å². The summed E-state index contributed by atoms with van der Waals surface area (Å²) < 4.78 is 5.82. The van der Waals surface area contributed by atoms with Crippen molar-refractivity contribution in [2.24, 2.45) is 0 Å². The monoisotopic (exact) mass is 519 g/mol. The first-order valence-corrected chi connectivity index (χ1v) is 12.0. The maximum Gasteiger partial charge on any atom is 0.326 e. The molecule has 2 N–H and O–H groups in total. The second-order valence-corrected chi connectivity index (χ2v) is 9.09. The zero-order valence-electron chi connectivity index (χ0n) is 19.2. The molecule has 0 aliphatic rings. The maximum atomic E-state index is 12.7. The van der Waals surface area contributed by atoms with E-state index in [0.29, 0.717) is 28.0 Å². The number of aliphatic carboxylic acids is 1. The standard InChI is InChI=1S/C29H23Cl2NO4/c30-24-14-20(15-25(31)17-24)18-36-26-12-10-22(11-13-26)21-6-8-23(9-7-21)28(33)32-27(29(34)35)16-19-4-2-1-3-5-19/h1-15,17,27H,16,18H2,(H,32,33)(H,34,35). The molecule has 5 nitrogen and oxygen atoms in total. The molecular weight excluding hydrogens is 497 g/mol. The van der Waals surface area contributed by atoms with Crippen LogP contribution in [0.25, 0.3) is 11.1 Å². The van der Waals surface area contributed by atoms with Crippen molar-refractivity contribution in [3.63, 3.8) is 0 Å². The van der Waals surface area contributed by atoms with E-state index in [1.54, 1.807) is 30.3 Å². The number of halogens is 2. The summed E-state index contributed by atoms with van der Waals surface area (Å²) in [5, 5.41) is 13.3. The summed E-state index contributed by atoms with van der Waals surface area (Å²) in [4.78, 5) is 24.3. The third kappa shape index (κ3) is 6.87. The minimum Gasteiger partial charge on any atom is -0.489 e. The highest BCUT2D eigenvalue weighted by atomic mass is 35.5. The predicted molar refractivity (Wildman–Crippen MR) is 142 cm³/mol. The van der Waals surface area contributed by atoms with Crippen molar-refractivity contribution in [3.05, 3.63) is 124 Å². The second-order valence-electron chi connectivity index (χ2n) is 8.22. The number of carboxylic acid groups (broad SMARTS) is 1. The first-order valence-electron chi connectivity index (χ1n) is 11.2. The number of rotatable bonds is 9. The molecule has 4 aromatic carbocycles. The van der Waals surface area contributed by atoms with Gasteiger partial charge >= 0.3 is 5.97 Å². The quantitative estimate of drug-likeness (QED) is 0.259. The topological polar surface area (TPSA) is 75.6 Å². The van der Waals surface area contributed by atoms with Gasteiger partial charge in [0.2, 0.25) is 0 Å². The molecule has 4 rings (SSSR count). The minimum atomic E-state index is -1.08. The van der Waals surface area contributed by atoms with Gasteiger partial charge in [-0.1, -0.05) is 77.8 Å². The van der Waals surface area contributed by atoms with E-state index in [2.05, 4.69) is 5.32 Å². The summed E-state index contributed by atoms with van der Waals surface area (Å²) in [5.74, 6) is -0.816. The number of hydrogen-bond donors (Lipinski definition) is 2. The number of hydrogen-bond acceptors (Lipinski definition) is 3. The molecule has 0 saturated heterocycles. The number of nitrogens with one attached hydrogen (secondary N) is 1. The number of carbonyl (C=O) groups is 2. The smallest absolute Gasteiger partial charge is 0.326 e. The molecule has 4 aromatic rings. The van der Waals surface area contributed by atoms with Crippen LogP contribution in [0.1, 0.15) is 21.5 Å². The van der Waals surface area contributed by atoms with Gasteiger partial charge in [0.15, 0.2) is 0 Å². The van der Waals surface area contributed by atoms with E-state index in [-0.39, 0.29) is 6.42 Å². The molecule has 0 spiro atoms. The van der Waals surface area contributed by atoms with Crippen LogP contribution in [0, 0.1) is 0 Å². The molecule has 1 atom stereocenters. The molecule has 1 unspecified atom stereocenters. The van der Waals surface area contributed by atoms with E-state index in [0.717, 1.165) is 22.3 Å². The van der Waals surface area contributed by atoms with Crippen molar-refractivity contribution in [2.75, 3.05) is 0 Å². The van der Waals surface area contributed by atoms with Crippen LogP contribution in [0.2, 0.25) is 10.0 Å². The van der Waals surface area contributed by atoms with Crippen LogP contribution in [-0.2, 0) is 17.8 Å². The Hall–Kier alpha value is -3.80. The summed E-state index contributed by atoms with van der Waals surface area (Å²) in [6.45, 7) is 0.338. The van der Waals surface area contributed by atoms with Crippen LogP contribution in [0.3, 0.4) is 0 Å². The summed E-state index contributed by atoms with van der Waals surface area (Å²) in [7, 11) is 0. The lowest BCUT2D eigenvalue weighted by molar-refractivity contribution is -0.139. The minimum absolute atomic E-state index is 0.207. The van der Waals surface area contributed by atoms with Crippen molar-refractivity contribution >= 4 is 35.1 Å². The molecule has 0 heterocycles. The molecule has 182 valence electrons. The lowest BCUT2D eigenvalue weighted by Gasteiger charge is -2.15. The average Bonchev–Trinajstić information content (AvgIpc) is 2.87. The fraction of sp³-hybridized carbons (Fsp3) is 0.103. The Morgan fingerprint density at radius 1 is 0.778 bits per heavy atom. The van der Waals surface area contributed by atoms with Gasteiger partial charge in [0.05, 0.1) is 0 Å². The fourth-order valence-corrected chi connectivity index (χ4v) is 4.28. The molecule has 0 fully saturated rings. The highest BCUT2D eigenvalue weighted by Crippen LogP contribution is 2.25. The Kier molecular flexibility index (Phi) is 8.26. The lowest BCUT2D eigenvalue weighted by Crippen LogP contribution is -2.42. The van der Waals surface area contributed by atoms with E-state index in [4.69, 9.17) is 27.9 Å². The van der Waals surface area contributed by atoms with Crippen molar-refractivity contribution in [2.45, 2.75) is 19.1 Å². The number of benzene rings is 4. The molecule has 36 heavy (non-hydrogen) atoms. The van der Waals surface area contributed by atoms with Crippen LogP contribution in [0.5, 0.6) is 5.75 Å². The Morgan fingerprint density at radius 3 is 1.94 bits per heavy atom. The van der Waals surface area contributed by atoms with Crippen LogP contribution < -0.4 is 10.1 Å². The molecule has 0 aromatic heterocycles. The third-order valence-corrected chi connectivity index (χ3v) is 5.99. The number of carbonyl (C=O) groups excluding carboxylic acids is 1. The first kappa shape index (κ1) is 25.3. The Labute approximate surface area is 219 Å². The maximum absolute atomic E-state index is 12.7. The van der Waals surface area contributed by atoms with Crippen molar-refractivity contribution in [1.29, 1.82) is 0 Å². The number of ether oxygens (including phenoxy) is 1. The molecular formula is C29H23Cl2NO4. The molecule has 0 aliphatic carbocycles. The lowest BCUT2D eigenvalue weighted by atomic mass is 10.0. The SMILES string of the molecule is O=C(NC(Cc1ccccc1)C(=O)O)c1ccc(-c2ccc(OCc3cc(Cl)cc(Cl)c3)cc2)cc1. The first-order chi connectivity index (χ1) is 17.4. The van der Waals surface area contributed by atoms with Gasteiger partial charge < -0.3 is 15.2 Å². The highest BCUT2D eigenvalue weighted by Gasteiger charge is 2.21. The summed E-state index contributed by atoms with van der Waals surface area (Å²) in [5.41, 5.74) is 3.97. The number of amides is 1. The summed E-state index contributed by atoms with van der Waals surface area (Å²) in [6, 6.07) is 28.1. The third-order valence-electron chi connectivity index (χ3n) is 5.55. The van der Waals surface area contributed by atoms with Gasteiger partial charge in [0, 0.05) is 22.0 Å². The van der Waals surface area contributed by atoms with Crippen LogP contribution in [0.15, 0.2) is 97.1 Å². The summed E-state index contributed by atoms with van der Waals surface area (Å²) in [6.07, 6.45) is 0.207. The molecule has 0 saturated carbocycles. The molecule has 1 amide bonds. The van der Waals surface area contributed by atoms with Crippen LogP contribution >= 0.6 is 23.2 Å². The fourth-order valence-electron chi connectivity index (χ4n) is 3.71. The molecule has 0 radical (unpaired) electrons. The zero-order valence-corrected chi connectivity index (χ0v) is 20.7. The Balaban J connectivity index is 1.37. The van der Waals surface area contributed by atoms with Gasteiger partial charge in [-0.05, 0) is 64.7 Å². The van der Waals surface area contributed by atoms with Gasteiger partial charge in [-0.3, -0.25) is 4.79 Å². The van der Waals surface area contributed by atoms with Gasteiger partial charge in [0.1, 0.15) is 18.4 Å². The van der Waals surface area contributed by atoms with E-state index < -0.39 is 17.9 Å². The largest absolute Gasteiger partial charge is 0.489 e. The normalized spacial score (nSPS) is 11.5. The van der Waals surface area contributed by atoms with Crippen LogP contribution in [0.4, 0.5) is 0 Å². The van der Waals surface area contributed by atoms with Gasteiger partial charge in [-0.2, -0.15) is 0 Å². The summed E-state index contributed by atoms with van der Waals surface area (Å²) >= 11 is 12.1. The molecule has 0 aliphatic heterocycles. The van der Waals surface area contributed by atoms with Gasteiger partial charge in [0.25, 0.3) is 5.91 Å². The Morgan fingerprint density at radius 2 is 1.36 bits per heavy atom. The number of carboxylic acids is 1. The molecule has 0 bridgehead atoms. The van der Waals surface area contributed by atoms with Crippen molar-refractivity contribution < 1.29 is 19.4 Å². The van der Waals surface area contributed by atoms with E-state index in [1.807, 2.05) is 66.7 Å². The average molecular weight is 520 g/mol. The van der Waals surface area contributed by atoms with Crippen molar-refractivity contribution in [3.8, 4) is 16.9 Å². The molecule has 7 heteroatoms. The van der Waals surface area contributed by atoms with E-state index in [1.165, 1.54) is 0 Å². The highest BCUT2D eigenvalue weighted by molar-refractivity contribution is 6.34.